The van der Waals surface area contributed by atoms with E-state index in [0.29, 0.717) is 12.3 Å². The third-order valence-electron chi connectivity index (χ3n) is 3.76. The number of hydrogen-bond donors (Lipinski definition) is 0. The van der Waals surface area contributed by atoms with Crippen LogP contribution in [0.5, 0.6) is 0 Å². The third-order valence-corrected chi connectivity index (χ3v) is 4.52. The highest BCUT2D eigenvalue weighted by Crippen LogP contribution is 2.23. The molecular formula is C18H13FN4O2S. The normalized spacial score (nSPS) is 11.0. The molecule has 0 N–H and O–H groups in total. The van der Waals surface area contributed by atoms with Gasteiger partial charge in [0.2, 0.25) is 0 Å². The van der Waals surface area contributed by atoms with Gasteiger partial charge in [0.25, 0.3) is 0 Å². The van der Waals surface area contributed by atoms with Crippen molar-refractivity contribution in [1.82, 2.24) is 19.3 Å². The van der Waals surface area contributed by atoms with Crippen LogP contribution >= 0.6 is 11.5 Å². The van der Waals surface area contributed by atoms with E-state index in [1.54, 1.807) is 41.5 Å². The van der Waals surface area contributed by atoms with Gasteiger partial charge in [-0.15, -0.1) is 0 Å². The third kappa shape index (κ3) is 3.60. The fraction of sp³-hybridized carbons (Fsp3) is 0.111. The summed E-state index contributed by atoms with van der Waals surface area (Å²) in [6.07, 6.45) is 5.23. The van der Waals surface area contributed by atoms with E-state index >= 15 is 0 Å². The highest BCUT2D eigenvalue weighted by atomic mass is 32.1. The van der Waals surface area contributed by atoms with E-state index in [-0.39, 0.29) is 23.7 Å². The first-order valence-electron chi connectivity index (χ1n) is 7.84. The van der Waals surface area contributed by atoms with Gasteiger partial charge in [-0.25, -0.2) is 8.76 Å². The number of Topliss-reactive ketones (excluding diaryl/α,β-unsaturated/α-hetero) is 1. The summed E-state index contributed by atoms with van der Waals surface area (Å²) >= 11 is 1.28. The molecule has 0 unspecified atom stereocenters. The number of ketones is 1. The zero-order valence-electron chi connectivity index (χ0n) is 13.5. The van der Waals surface area contributed by atoms with Crippen LogP contribution in [0.4, 0.5) is 4.39 Å². The molecule has 0 aliphatic rings. The maximum Gasteiger partial charge on any atom is 0.189 e. The Morgan fingerprint density at radius 3 is 2.96 bits per heavy atom. The van der Waals surface area contributed by atoms with Crippen LogP contribution in [-0.4, -0.2) is 25.1 Å². The van der Waals surface area contributed by atoms with Gasteiger partial charge in [-0.3, -0.25) is 9.48 Å². The predicted molar refractivity (Wildman–Crippen MR) is 93.4 cm³/mol. The van der Waals surface area contributed by atoms with Crippen molar-refractivity contribution in [3.63, 3.8) is 0 Å². The first-order chi connectivity index (χ1) is 12.7. The van der Waals surface area contributed by atoms with Gasteiger partial charge in [0, 0.05) is 24.9 Å². The van der Waals surface area contributed by atoms with Crippen LogP contribution in [0.2, 0.25) is 0 Å². The summed E-state index contributed by atoms with van der Waals surface area (Å²) in [4.78, 5) is 13.2. The number of hydrogen-bond acceptors (Lipinski definition) is 6. The number of carbonyl (C=O) groups excluding carboxylic acids is 1. The summed E-state index contributed by atoms with van der Waals surface area (Å²) in [5.74, 6) is 0.0836. The summed E-state index contributed by atoms with van der Waals surface area (Å²) in [5.41, 5.74) is 1.83. The predicted octanol–water partition coefficient (Wildman–Crippen LogP) is 3.61. The molecule has 0 spiro atoms. The topological polar surface area (TPSA) is 73.8 Å². The van der Waals surface area contributed by atoms with Crippen LogP contribution in [-0.2, 0) is 13.0 Å². The van der Waals surface area contributed by atoms with Crippen molar-refractivity contribution in [1.29, 1.82) is 0 Å². The second-order valence-electron chi connectivity index (χ2n) is 5.73. The number of benzene rings is 1. The Kier molecular flexibility index (Phi) is 4.40. The lowest BCUT2D eigenvalue weighted by atomic mass is 10.1. The average molecular weight is 368 g/mol. The molecule has 0 saturated heterocycles. The smallest absolute Gasteiger partial charge is 0.189 e. The second-order valence-corrected chi connectivity index (χ2v) is 6.56. The molecule has 130 valence electrons. The van der Waals surface area contributed by atoms with Crippen LogP contribution in [0, 0.1) is 5.82 Å². The lowest BCUT2D eigenvalue weighted by Crippen LogP contribution is -2.03. The van der Waals surface area contributed by atoms with E-state index in [1.807, 2.05) is 6.07 Å². The second kappa shape index (κ2) is 7.01. The molecule has 8 heteroatoms. The van der Waals surface area contributed by atoms with Gasteiger partial charge in [-0.1, -0.05) is 17.3 Å². The minimum absolute atomic E-state index is 0.158. The van der Waals surface area contributed by atoms with Crippen molar-refractivity contribution < 1.29 is 13.7 Å². The van der Waals surface area contributed by atoms with Crippen LogP contribution in [0.15, 0.2) is 59.5 Å². The SMILES string of the molecule is O=C(Cc1cnn(Cc2cccc(F)c2)c1)c1cc(-c2ccns2)on1. The summed E-state index contributed by atoms with van der Waals surface area (Å²) in [5, 5.41) is 8.06. The minimum atomic E-state index is -0.284. The molecule has 0 aliphatic heterocycles. The molecule has 3 heterocycles. The van der Waals surface area contributed by atoms with Crippen molar-refractivity contribution in [2.24, 2.45) is 0 Å². The summed E-state index contributed by atoms with van der Waals surface area (Å²) in [7, 11) is 0. The molecule has 0 radical (unpaired) electrons. The van der Waals surface area contributed by atoms with Gasteiger partial charge in [0.05, 0.1) is 17.6 Å². The molecule has 0 fully saturated rings. The van der Waals surface area contributed by atoms with Gasteiger partial charge in [-0.05, 0) is 40.9 Å². The highest BCUT2D eigenvalue weighted by Gasteiger charge is 2.16. The van der Waals surface area contributed by atoms with Crippen molar-refractivity contribution in [3.05, 3.63) is 77.6 Å². The average Bonchev–Trinajstić information content (AvgIpc) is 3.36. The number of nitrogens with zero attached hydrogens (tertiary/aromatic N) is 4. The highest BCUT2D eigenvalue weighted by molar-refractivity contribution is 7.09. The molecule has 1 aromatic carbocycles. The number of halogens is 1. The summed E-state index contributed by atoms with van der Waals surface area (Å²) in [6, 6.07) is 9.76. The molecule has 4 aromatic rings. The first-order valence-corrected chi connectivity index (χ1v) is 8.61. The molecule has 0 saturated carbocycles. The largest absolute Gasteiger partial charge is 0.355 e. The van der Waals surface area contributed by atoms with Gasteiger partial charge < -0.3 is 4.52 Å². The number of aromatic nitrogens is 4. The summed E-state index contributed by atoms with van der Waals surface area (Å²) < 4.78 is 24.1. The Morgan fingerprint density at radius 1 is 1.23 bits per heavy atom. The van der Waals surface area contributed by atoms with Gasteiger partial charge >= 0.3 is 0 Å². The van der Waals surface area contributed by atoms with Crippen molar-refractivity contribution >= 4 is 17.3 Å². The Hall–Kier alpha value is -3.13. The molecule has 6 nitrogen and oxygen atoms in total. The zero-order chi connectivity index (χ0) is 17.9. The first kappa shape index (κ1) is 16.3. The quantitative estimate of drug-likeness (QED) is 0.486. The number of rotatable bonds is 6. The standard InChI is InChI=1S/C18H13FN4O2S/c19-14-3-1-2-12(6-14)10-23-11-13(9-20-23)7-16(24)15-8-17(25-22-15)18-4-5-21-26-18/h1-6,8-9,11H,7,10H2. The van der Waals surface area contributed by atoms with Crippen molar-refractivity contribution in [3.8, 4) is 10.6 Å². The van der Waals surface area contributed by atoms with Gasteiger partial charge in [0.1, 0.15) is 5.82 Å². The van der Waals surface area contributed by atoms with E-state index < -0.39 is 0 Å². The Bertz CT molecular complexity index is 1040. The maximum absolute atomic E-state index is 13.2. The van der Waals surface area contributed by atoms with Gasteiger partial charge in [-0.2, -0.15) is 5.10 Å². The lowest BCUT2D eigenvalue weighted by molar-refractivity contribution is 0.0984. The Balaban J connectivity index is 1.43. The zero-order valence-corrected chi connectivity index (χ0v) is 14.3. The van der Waals surface area contributed by atoms with Crippen molar-refractivity contribution in [2.75, 3.05) is 0 Å². The molecule has 0 bridgehead atoms. The van der Waals surface area contributed by atoms with Crippen molar-refractivity contribution in [2.45, 2.75) is 13.0 Å². The van der Waals surface area contributed by atoms with Crippen LogP contribution in [0.1, 0.15) is 21.6 Å². The van der Waals surface area contributed by atoms with E-state index in [0.717, 1.165) is 16.0 Å². The fourth-order valence-electron chi connectivity index (χ4n) is 2.55. The van der Waals surface area contributed by atoms with Crippen LogP contribution in [0.3, 0.4) is 0 Å². The minimum Gasteiger partial charge on any atom is -0.355 e. The summed E-state index contributed by atoms with van der Waals surface area (Å²) in [6.45, 7) is 0.436. The van der Waals surface area contributed by atoms with Crippen LogP contribution < -0.4 is 0 Å². The van der Waals surface area contributed by atoms with E-state index in [2.05, 4.69) is 14.6 Å². The Labute approximate surface area is 152 Å². The molecule has 26 heavy (non-hydrogen) atoms. The monoisotopic (exact) mass is 368 g/mol. The van der Waals surface area contributed by atoms with Crippen LogP contribution in [0.25, 0.3) is 10.6 Å². The maximum atomic E-state index is 13.2. The lowest BCUT2D eigenvalue weighted by Gasteiger charge is -2.01. The Morgan fingerprint density at radius 2 is 2.15 bits per heavy atom. The molecule has 0 atom stereocenters. The number of carbonyl (C=O) groups is 1. The molecular weight excluding hydrogens is 355 g/mol. The fourth-order valence-corrected chi connectivity index (χ4v) is 3.09. The molecule has 0 amide bonds. The van der Waals surface area contributed by atoms with Gasteiger partial charge in [0.15, 0.2) is 17.2 Å². The molecule has 3 aromatic heterocycles. The molecule has 0 aliphatic carbocycles. The molecule has 4 rings (SSSR count). The van der Waals surface area contributed by atoms with E-state index in [4.69, 9.17) is 4.52 Å². The van der Waals surface area contributed by atoms with E-state index in [9.17, 15) is 9.18 Å². The van der Waals surface area contributed by atoms with E-state index in [1.165, 1.54) is 23.7 Å².